The van der Waals surface area contributed by atoms with E-state index in [1.807, 2.05) is 0 Å². The summed E-state index contributed by atoms with van der Waals surface area (Å²) in [5.74, 6) is 0.455. The Bertz CT molecular complexity index is 460. The maximum Gasteiger partial charge on any atom is 0.0656 e. The summed E-state index contributed by atoms with van der Waals surface area (Å²) in [6.07, 6.45) is 3.23. The summed E-state index contributed by atoms with van der Waals surface area (Å²) in [6.45, 7) is 4.28. The van der Waals surface area contributed by atoms with Crippen LogP contribution in [0, 0.1) is 0 Å². The zero-order chi connectivity index (χ0) is 12.8. The zero-order valence-electron chi connectivity index (χ0n) is 11.1. The zero-order valence-corrected chi connectivity index (χ0v) is 11.1. The molecule has 0 aliphatic rings. The van der Waals surface area contributed by atoms with Crippen molar-refractivity contribution >= 4 is 0 Å². The summed E-state index contributed by atoms with van der Waals surface area (Å²) < 4.78 is 0. The van der Waals surface area contributed by atoms with Gasteiger partial charge in [0.15, 0.2) is 0 Å². The van der Waals surface area contributed by atoms with Gasteiger partial charge in [-0.05, 0) is 42.9 Å². The summed E-state index contributed by atoms with van der Waals surface area (Å²) in [7, 11) is 0. The van der Waals surface area contributed by atoms with Crippen LogP contribution in [0.2, 0.25) is 0 Å². The highest BCUT2D eigenvalue weighted by molar-refractivity contribution is 5.15. The maximum absolute atomic E-state index is 4.28. The SMILES string of the molecule is CC(C)c1ccc(CCCc2ccccc2)nn1. The highest BCUT2D eigenvalue weighted by Gasteiger charge is 2.02. The molecule has 2 aromatic rings. The minimum Gasteiger partial charge on any atom is -0.155 e. The van der Waals surface area contributed by atoms with E-state index < -0.39 is 0 Å². The van der Waals surface area contributed by atoms with Crippen molar-refractivity contribution in [1.82, 2.24) is 10.2 Å². The van der Waals surface area contributed by atoms with Gasteiger partial charge in [-0.25, -0.2) is 0 Å². The molecule has 1 aromatic carbocycles. The molecule has 0 fully saturated rings. The van der Waals surface area contributed by atoms with E-state index in [1.165, 1.54) is 5.56 Å². The van der Waals surface area contributed by atoms with Crippen LogP contribution in [0.3, 0.4) is 0 Å². The fourth-order valence-electron chi connectivity index (χ4n) is 1.93. The first-order chi connectivity index (χ1) is 8.75. The van der Waals surface area contributed by atoms with Crippen molar-refractivity contribution < 1.29 is 0 Å². The molecular formula is C16H20N2. The Morgan fingerprint density at radius 2 is 1.67 bits per heavy atom. The molecule has 0 saturated heterocycles. The van der Waals surface area contributed by atoms with Crippen molar-refractivity contribution in [3.8, 4) is 0 Å². The van der Waals surface area contributed by atoms with Gasteiger partial charge in [-0.1, -0.05) is 44.2 Å². The van der Waals surface area contributed by atoms with Crippen LogP contribution >= 0.6 is 0 Å². The van der Waals surface area contributed by atoms with Crippen LogP contribution in [0.4, 0.5) is 0 Å². The average Bonchev–Trinajstić information content (AvgIpc) is 2.40. The van der Waals surface area contributed by atoms with Crippen LogP contribution in [0.25, 0.3) is 0 Å². The van der Waals surface area contributed by atoms with Gasteiger partial charge in [0, 0.05) is 0 Å². The molecule has 0 radical (unpaired) electrons. The molecular weight excluding hydrogens is 220 g/mol. The molecule has 1 aromatic heterocycles. The first-order valence-electron chi connectivity index (χ1n) is 6.62. The van der Waals surface area contributed by atoms with Crippen molar-refractivity contribution in [3.63, 3.8) is 0 Å². The van der Waals surface area contributed by atoms with E-state index in [1.54, 1.807) is 0 Å². The van der Waals surface area contributed by atoms with E-state index in [9.17, 15) is 0 Å². The van der Waals surface area contributed by atoms with Gasteiger partial charge in [0.2, 0.25) is 0 Å². The molecule has 0 atom stereocenters. The largest absolute Gasteiger partial charge is 0.155 e. The van der Waals surface area contributed by atoms with Gasteiger partial charge in [-0.3, -0.25) is 0 Å². The molecule has 18 heavy (non-hydrogen) atoms. The first kappa shape index (κ1) is 12.7. The predicted molar refractivity (Wildman–Crippen MR) is 74.6 cm³/mol. The summed E-state index contributed by atoms with van der Waals surface area (Å²) in [6, 6.07) is 14.8. The quantitative estimate of drug-likeness (QED) is 0.795. The molecule has 2 rings (SSSR count). The predicted octanol–water partition coefficient (Wildman–Crippen LogP) is 3.78. The second-order valence-electron chi connectivity index (χ2n) is 4.94. The Morgan fingerprint density at radius 3 is 2.28 bits per heavy atom. The first-order valence-corrected chi connectivity index (χ1v) is 6.62. The van der Waals surface area contributed by atoms with Crippen molar-refractivity contribution in [2.75, 3.05) is 0 Å². The van der Waals surface area contributed by atoms with Crippen molar-refractivity contribution in [3.05, 3.63) is 59.4 Å². The Balaban J connectivity index is 1.83. The number of aryl methyl sites for hydroxylation is 2. The minimum absolute atomic E-state index is 0.455. The second-order valence-corrected chi connectivity index (χ2v) is 4.94. The molecule has 2 nitrogen and oxygen atoms in total. The van der Waals surface area contributed by atoms with E-state index in [2.05, 4.69) is 66.5 Å². The molecule has 0 saturated carbocycles. The molecule has 0 N–H and O–H groups in total. The third-order valence-corrected chi connectivity index (χ3v) is 3.07. The second kappa shape index (κ2) is 6.29. The van der Waals surface area contributed by atoms with Gasteiger partial charge >= 0.3 is 0 Å². The van der Waals surface area contributed by atoms with Gasteiger partial charge in [0.1, 0.15) is 0 Å². The number of benzene rings is 1. The topological polar surface area (TPSA) is 25.8 Å². The summed E-state index contributed by atoms with van der Waals surface area (Å²) in [5, 5.41) is 8.53. The van der Waals surface area contributed by atoms with Crippen molar-refractivity contribution in [2.24, 2.45) is 0 Å². The van der Waals surface area contributed by atoms with Crippen molar-refractivity contribution in [2.45, 2.75) is 39.0 Å². The number of hydrogen-bond donors (Lipinski definition) is 0. The van der Waals surface area contributed by atoms with Crippen LogP contribution in [0.5, 0.6) is 0 Å². The smallest absolute Gasteiger partial charge is 0.0656 e. The number of nitrogens with zero attached hydrogens (tertiary/aromatic N) is 2. The third kappa shape index (κ3) is 3.66. The average molecular weight is 240 g/mol. The van der Waals surface area contributed by atoms with Crippen LogP contribution in [0.15, 0.2) is 42.5 Å². The van der Waals surface area contributed by atoms with Crippen LogP contribution in [0.1, 0.15) is 43.1 Å². The standard InChI is InChI=1S/C16H20N2/c1-13(2)16-12-11-15(17-18-16)10-6-9-14-7-4-3-5-8-14/h3-5,7-8,11-13H,6,9-10H2,1-2H3. The van der Waals surface area contributed by atoms with E-state index in [0.717, 1.165) is 30.7 Å². The highest BCUT2D eigenvalue weighted by Crippen LogP contribution is 2.11. The molecule has 2 heteroatoms. The summed E-state index contributed by atoms with van der Waals surface area (Å²) in [5.41, 5.74) is 3.56. The van der Waals surface area contributed by atoms with Gasteiger partial charge in [0.05, 0.1) is 11.4 Å². The van der Waals surface area contributed by atoms with Gasteiger partial charge in [-0.2, -0.15) is 10.2 Å². The Hall–Kier alpha value is -1.70. The number of aromatic nitrogens is 2. The fourth-order valence-corrected chi connectivity index (χ4v) is 1.93. The maximum atomic E-state index is 4.28. The molecule has 0 aliphatic heterocycles. The normalized spacial score (nSPS) is 10.8. The lowest BCUT2D eigenvalue weighted by molar-refractivity contribution is 0.738. The molecule has 0 unspecified atom stereocenters. The molecule has 0 aliphatic carbocycles. The van der Waals surface area contributed by atoms with Gasteiger partial charge in [0.25, 0.3) is 0 Å². The third-order valence-electron chi connectivity index (χ3n) is 3.07. The number of rotatable bonds is 5. The lowest BCUT2D eigenvalue weighted by Crippen LogP contribution is -1.99. The minimum atomic E-state index is 0.455. The Morgan fingerprint density at radius 1 is 0.889 bits per heavy atom. The fraction of sp³-hybridized carbons (Fsp3) is 0.375. The molecule has 94 valence electrons. The molecule has 0 bridgehead atoms. The van der Waals surface area contributed by atoms with Gasteiger partial charge < -0.3 is 0 Å². The van der Waals surface area contributed by atoms with Crippen LogP contribution in [-0.2, 0) is 12.8 Å². The Labute approximate surface area is 109 Å². The lowest BCUT2D eigenvalue weighted by Gasteiger charge is -2.04. The number of hydrogen-bond acceptors (Lipinski definition) is 2. The molecule has 0 spiro atoms. The van der Waals surface area contributed by atoms with E-state index in [-0.39, 0.29) is 0 Å². The Kier molecular flexibility index (Phi) is 4.46. The molecule has 1 heterocycles. The van der Waals surface area contributed by atoms with E-state index in [0.29, 0.717) is 5.92 Å². The van der Waals surface area contributed by atoms with Crippen molar-refractivity contribution in [1.29, 1.82) is 0 Å². The summed E-state index contributed by atoms with van der Waals surface area (Å²) >= 11 is 0. The lowest BCUT2D eigenvalue weighted by atomic mass is 10.1. The molecule has 0 amide bonds. The van der Waals surface area contributed by atoms with E-state index in [4.69, 9.17) is 0 Å². The van der Waals surface area contributed by atoms with Crippen LogP contribution in [-0.4, -0.2) is 10.2 Å². The monoisotopic (exact) mass is 240 g/mol. The van der Waals surface area contributed by atoms with E-state index >= 15 is 0 Å². The summed E-state index contributed by atoms with van der Waals surface area (Å²) in [4.78, 5) is 0. The van der Waals surface area contributed by atoms with Crippen LogP contribution < -0.4 is 0 Å². The van der Waals surface area contributed by atoms with Gasteiger partial charge in [-0.15, -0.1) is 0 Å². The highest BCUT2D eigenvalue weighted by atomic mass is 15.1.